The molecule has 5 heteroatoms. The number of rotatable bonds is 4. The number of carboxylic acids is 1. The van der Waals surface area contributed by atoms with Gasteiger partial charge < -0.3 is 5.11 Å². The molecule has 0 amide bonds. The van der Waals surface area contributed by atoms with Crippen LogP contribution in [-0.2, 0) is 11.3 Å². The van der Waals surface area contributed by atoms with Crippen molar-refractivity contribution in [1.29, 1.82) is 0 Å². The number of aromatic nitrogens is 1. The van der Waals surface area contributed by atoms with Crippen LogP contribution in [0.2, 0.25) is 0 Å². The summed E-state index contributed by atoms with van der Waals surface area (Å²) in [4.78, 5) is 17.3. The lowest BCUT2D eigenvalue weighted by molar-refractivity contribution is -0.131. The summed E-state index contributed by atoms with van der Waals surface area (Å²) in [5.41, 5.74) is 0.738. The van der Waals surface area contributed by atoms with Crippen molar-refractivity contribution in [2.24, 2.45) is 5.92 Å². The molecule has 2 heterocycles. The highest BCUT2D eigenvalue weighted by Crippen LogP contribution is 2.19. The van der Waals surface area contributed by atoms with E-state index in [0.29, 0.717) is 0 Å². The maximum Gasteiger partial charge on any atom is 0.328 e. The van der Waals surface area contributed by atoms with Crippen LogP contribution >= 0.6 is 11.3 Å². The number of carbonyl (C=O) groups is 1. The Morgan fingerprint density at radius 3 is 3.28 bits per heavy atom. The molecule has 1 unspecified atom stereocenters. The van der Waals surface area contributed by atoms with E-state index in [-0.39, 0.29) is 0 Å². The number of hydrogen-bond donors (Lipinski definition) is 1. The molecule has 98 valence electrons. The Balaban J connectivity index is 1.91. The molecule has 1 saturated heterocycles. The highest BCUT2D eigenvalue weighted by molar-refractivity contribution is 7.09. The van der Waals surface area contributed by atoms with Gasteiger partial charge in [0.25, 0.3) is 0 Å². The fourth-order valence-electron chi connectivity index (χ4n) is 2.25. The van der Waals surface area contributed by atoms with Crippen LogP contribution in [-0.4, -0.2) is 34.0 Å². The molecule has 1 aromatic heterocycles. The molecule has 0 saturated carbocycles. The molecule has 1 aromatic rings. The first-order chi connectivity index (χ1) is 8.63. The van der Waals surface area contributed by atoms with Gasteiger partial charge in [0, 0.05) is 18.0 Å². The van der Waals surface area contributed by atoms with Gasteiger partial charge in [-0.2, -0.15) is 0 Å². The second-order valence-electron chi connectivity index (χ2n) is 4.82. The van der Waals surface area contributed by atoms with Gasteiger partial charge in [-0.15, -0.1) is 11.3 Å². The smallest absolute Gasteiger partial charge is 0.328 e. The summed E-state index contributed by atoms with van der Waals surface area (Å²) < 4.78 is 0. The summed E-state index contributed by atoms with van der Waals surface area (Å²) in [5.74, 6) is -0.167. The van der Waals surface area contributed by atoms with E-state index in [9.17, 15) is 4.79 Å². The standard InChI is InChI=1S/C13H18N2O2S/c1-10-3-2-6-15(7-10)8-12-14-11(9-18-12)4-5-13(16)17/h4-5,9-10H,2-3,6-8H2,1H3,(H,16,17)/b5-4+. The molecule has 1 atom stereocenters. The highest BCUT2D eigenvalue weighted by atomic mass is 32.1. The molecular formula is C13H18N2O2S. The predicted octanol–water partition coefficient (Wildman–Crippen LogP) is 2.47. The summed E-state index contributed by atoms with van der Waals surface area (Å²) in [7, 11) is 0. The van der Waals surface area contributed by atoms with E-state index in [2.05, 4.69) is 16.8 Å². The molecule has 2 rings (SSSR count). The topological polar surface area (TPSA) is 53.4 Å². The summed E-state index contributed by atoms with van der Waals surface area (Å²) in [6, 6.07) is 0. The number of likely N-dealkylation sites (tertiary alicyclic amines) is 1. The van der Waals surface area contributed by atoms with Gasteiger partial charge in [-0.1, -0.05) is 6.92 Å². The average Bonchev–Trinajstić information content (AvgIpc) is 2.74. The fourth-order valence-corrected chi connectivity index (χ4v) is 3.06. The molecule has 0 bridgehead atoms. The van der Waals surface area contributed by atoms with Gasteiger partial charge in [-0.3, -0.25) is 4.90 Å². The first kappa shape index (κ1) is 13.2. The molecule has 1 fully saturated rings. The van der Waals surface area contributed by atoms with Gasteiger partial charge in [-0.25, -0.2) is 9.78 Å². The quantitative estimate of drug-likeness (QED) is 0.851. The van der Waals surface area contributed by atoms with Crippen LogP contribution in [0.4, 0.5) is 0 Å². The number of thiazole rings is 1. The van der Waals surface area contributed by atoms with Crippen molar-refractivity contribution in [3.8, 4) is 0 Å². The number of piperidine rings is 1. The Bertz CT molecular complexity index is 442. The van der Waals surface area contributed by atoms with Crippen LogP contribution in [0.15, 0.2) is 11.5 Å². The van der Waals surface area contributed by atoms with E-state index < -0.39 is 5.97 Å². The van der Waals surface area contributed by atoms with Crippen LogP contribution in [0.25, 0.3) is 6.08 Å². The Kier molecular flexibility index (Phi) is 4.49. The van der Waals surface area contributed by atoms with Crippen LogP contribution in [0.3, 0.4) is 0 Å². The first-order valence-electron chi connectivity index (χ1n) is 6.21. The lowest BCUT2D eigenvalue weighted by Crippen LogP contribution is -2.33. The lowest BCUT2D eigenvalue weighted by Gasteiger charge is -2.29. The number of aliphatic carboxylic acids is 1. The van der Waals surface area contributed by atoms with Crippen molar-refractivity contribution in [2.45, 2.75) is 26.3 Å². The Labute approximate surface area is 111 Å². The van der Waals surface area contributed by atoms with E-state index in [1.807, 2.05) is 5.38 Å². The van der Waals surface area contributed by atoms with Gasteiger partial charge in [-0.05, 0) is 31.4 Å². The first-order valence-corrected chi connectivity index (χ1v) is 7.09. The van der Waals surface area contributed by atoms with Gasteiger partial charge in [0.05, 0.1) is 12.2 Å². The van der Waals surface area contributed by atoms with Crippen LogP contribution < -0.4 is 0 Å². The van der Waals surface area contributed by atoms with E-state index in [4.69, 9.17) is 5.11 Å². The molecule has 0 aliphatic carbocycles. The third kappa shape index (κ3) is 3.92. The zero-order chi connectivity index (χ0) is 13.0. The Hall–Kier alpha value is -1.20. The Morgan fingerprint density at radius 2 is 2.56 bits per heavy atom. The van der Waals surface area contributed by atoms with Crippen LogP contribution in [0.5, 0.6) is 0 Å². The zero-order valence-corrected chi connectivity index (χ0v) is 11.3. The number of carboxylic acid groups (broad SMARTS) is 1. The van der Waals surface area contributed by atoms with E-state index >= 15 is 0 Å². The van der Waals surface area contributed by atoms with Crippen molar-refractivity contribution in [3.63, 3.8) is 0 Å². The molecule has 18 heavy (non-hydrogen) atoms. The minimum absolute atomic E-state index is 0.738. The third-order valence-electron chi connectivity index (χ3n) is 3.07. The normalized spacial score (nSPS) is 21.5. The minimum atomic E-state index is -0.936. The van der Waals surface area contributed by atoms with Crippen LogP contribution in [0, 0.1) is 5.92 Å². The van der Waals surface area contributed by atoms with E-state index in [1.165, 1.54) is 12.8 Å². The monoisotopic (exact) mass is 266 g/mol. The van der Waals surface area contributed by atoms with Crippen molar-refractivity contribution in [3.05, 3.63) is 22.2 Å². The van der Waals surface area contributed by atoms with Crippen molar-refractivity contribution in [2.75, 3.05) is 13.1 Å². The summed E-state index contributed by atoms with van der Waals surface area (Å²) in [6.07, 6.45) is 5.25. The number of nitrogens with zero attached hydrogens (tertiary/aromatic N) is 2. The van der Waals surface area contributed by atoms with Crippen molar-refractivity contribution >= 4 is 23.4 Å². The highest BCUT2D eigenvalue weighted by Gasteiger charge is 2.17. The Morgan fingerprint density at radius 1 is 1.72 bits per heavy atom. The second kappa shape index (κ2) is 6.11. The molecule has 1 aliphatic heterocycles. The van der Waals surface area contributed by atoms with Crippen LogP contribution in [0.1, 0.15) is 30.5 Å². The summed E-state index contributed by atoms with van der Waals surface area (Å²) in [6.45, 7) is 5.45. The van der Waals surface area contributed by atoms with Crippen molar-refractivity contribution < 1.29 is 9.90 Å². The summed E-state index contributed by atoms with van der Waals surface area (Å²) in [5, 5.41) is 11.5. The van der Waals surface area contributed by atoms with Gasteiger partial charge >= 0.3 is 5.97 Å². The SMILES string of the molecule is CC1CCCN(Cc2nc(/C=C/C(=O)O)cs2)C1. The molecule has 4 nitrogen and oxygen atoms in total. The third-order valence-corrected chi connectivity index (χ3v) is 3.92. The maximum absolute atomic E-state index is 10.4. The second-order valence-corrected chi connectivity index (χ2v) is 5.76. The lowest BCUT2D eigenvalue weighted by atomic mass is 10.0. The van der Waals surface area contributed by atoms with Gasteiger partial charge in [0.2, 0.25) is 0 Å². The molecule has 0 radical (unpaired) electrons. The summed E-state index contributed by atoms with van der Waals surface area (Å²) >= 11 is 1.60. The minimum Gasteiger partial charge on any atom is -0.478 e. The molecular weight excluding hydrogens is 248 g/mol. The number of hydrogen-bond acceptors (Lipinski definition) is 4. The average molecular weight is 266 g/mol. The van der Waals surface area contributed by atoms with Gasteiger partial charge in [0.1, 0.15) is 5.01 Å². The fraction of sp³-hybridized carbons (Fsp3) is 0.538. The largest absolute Gasteiger partial charge is 0.478 e. The van der Waals surface area contributed by atoms with E-state index in [1.54, 1.807) is 17.4 Å². The molecule has 1 N–H and O–H groups in total. The van der Waals surface area contributed by atoms with Crippen molar-refractivity contribution in [1.82, 2.24) is 9.88 Å². The van der Waals surface area contributed by atoms with E-state index in [0.717, 1.165) is 42.3 Å². The predicted molar refractivity (Wildman–Crippen MR) is 72.5 cm³/mol. The molecule has 1 aliphatic rings. The zero-order valence-electron chi connectivity index (χ0n) is 10.5. The molecule has 0 aromatic carbocycles. The maximum atomic E-state index is 10.4. The van der Waals surface area contributed by atoms with Gasteiger partial charge in [0.15, 0.2) is 0 Å². The molecule has 0 spiro atoms.